The van der Waals surface area contributed by atoms with Gasteiger partial charge >= 0.3 is 0 Å². The number of ether oxygens (including phenoxy) is 4. The molecular formula is C17H19NO6S. The fourth-order valence-electron chi connectivity index (χ4n) is 2.42. The molecule has 7 nitrogen and oxygen atoms in total. The molecule has 1 aliphatic rings. The van der Waals surface area contributed by atoms with E-state index in [4.69, 9.17) is 18.9 Å². The van der Waals surface area contributed by atoms with Gasteiger partial charge in [-0.25, -0.2) is 8.42 Å². The number of anilines is 1. The average Bonchev–Trinajstić information content (AvgIpc) is 2.85. The largest absolute Gasteiger partial charge is 0.493 e. The Balaban J connectivity index is 1.88. The molecule has 0 aliphatic carbocycles. The Morgan fingerprint density at radius 2 is 1.64 bits per heavy atom. The summed E-state index contributed by atoms with van der Waals surface area (Å²) >= 11 is 0. The van der Waals surface area contributed by atoms with Gasteiger partial charge in [0.05, 0.1) is 38.0 Å². The molecule has 25 heavy (non-hydrogen) atoms. The van der Waals surface area contributed by atoms with Gasteiger partial charge in [-0.3, -0.25) is 4.72 Å². The van der Waals surface area contributed by atoms with Crippen molar-refractivity contribution in [1.29, 1.82) is 0 Å². The molecule has 134 valence electrons. The van der Waals surface area contributed by atoms with Gasteiger partial charge in [-0.05, 0) is 24.3 Å². The average molecular weight is 365 g/mol. The van der Waals surface area contributed by atoms with Gasteiger partial charge in [0, 0.05) is 18.6 Å². The zero-order valence-electron chi connectivity index (χ0n) is 13.9. The second-order valence-electron chi connectivity index (χ2n) is 5.33. The summed E-state index contributed by atoms with van der Waals surface area (Å²) in [5.41, 5.74) is 0.388. The molecule has 3 rings (SSSR count). The van der Waals surface area contributed by atoms with E-state index in [-0.39, 0.29) is 4.90 Å². The van der Waals surface area contributed by atoms with Crippen molar-refractivity contribution in [2.45, 2.75) is 11.3 Å². The summed E-state index contributed by atoms with van der Waals surface area (Å²) in [5.74, 6) is 1.91. The Kier molecular flexibility index (Phi) is 4.89. The molecule has 2 aromatic rings. The van der Waals surface area contributed by atoms with Gasteiger partial charge in [-0.15, -0.1) is 0 Å². The SMILES string of the molecule is COc1ccc(S(=O)(=O)Nc2ccc3c(c2)OCCCO3)cc1OC. The lowest BCUT2D eigenvalue weighted by atomic mass is 10.3. The molecule has 0 fully saturated rings. The minimum atomic E-state index is -3.79. The number of sulfonamides is 1. The van der Waals surface area contributed by atoms with Gasteiger partial charge in [0.1, 0.15) is 0 Å². The highest BCUT2D eigenvalue weighted by Gasteiger charge is 2.19. The predicted molar refractivity (Wildman–Crippen MR) is 92.4 cm³/mol. The van der Waals surface area contributed by atoms with Crippen LogP contribution in [0.3, 0.4) is 0 Å². The summed E-state index contributed by atoms with van der Waals surface area (Å²) < 4.78 is 49.2. The monoisotopic (exact) mass is 365 g/mol. The minimum absolute atomic E-state index is 0.0669. The molecule has 0 bridgehead atoms. The standard InChI is InChI=1S/C17H19NO6S/c1-21-14-7-5-13(11-16(14)22-2)25(19,20)18-12-4-6-15-17(10-12)24-9-3-8-23-15/h4-7,10-11,18H,3,8-9H2,1-2H3. The number of benzene rings is 2. The highest BCUT2D eigenvalue weighted by molar-refractivity contribution is 7.92. The van der Waals surface area contributed by atoms with Crippen molar-refractivity contribution in [2.24, 2.45) is 0 Å². The van der Waals surface area contributed by atoms with Gasteiger partial charge < -0.3 is 18.9 Å². The lowest BCUT2D eigenvalue weighted by molar-refractivity contribution is 0.297. The Labute approximate surface area is 146 Å². The zero-order chi connectivity index (χ0) is 17.9. The van der Waals surface area contributed by atoms with Crippen LogP contribution in [-0.4, -0.2) is 35.9 Å². The fraction of sp³-hybridized carbons (Fsp3) is 0.294. The Bertz CT molecular complexity index is 865. The first kappa shape index (κ1) is 17.2. The van der Waals surface area contributed by atoms with E-state index in [2.05, 4.69) is 4.72 Å². The smallest absolute Gasteiger partial charge is 0.262 e. The van der Waals surface area contributed by atoms with Gasteiger partial charge in [0.25, 0.3) is 10.0 Å². The van der Waals surface area contributed by atoms with Crippen molar-refractivity contribution in [3.8, 4) is 23.0 Å². The second-order valence-corrected chi connectivity index (χ2v) is 7.02. The maximum absolute atomic E-state index is 12.6. The van der Waals surface area contributed by atoms with Crippen LogP contribution in [0.15, 0.2) is 41.3 Å². The number of methoxy groups -OCH3 is 2. The van der Waals surface area contributed by atoms with Crippen molar-refractivity contribution in [3.63, 3.8) is 0 Å². The molecule has 0 amide bonds. The van der Waals surface area contributed by atoms with Crippen LogP contribution in [0.5, 0.6) is 23.0 Å². The Morgan fingerprint density at radius 1 is 0.920 bits per heavy atom. The van der Waals surface area contributed by atoms with Crippen LogP contribution < -0.4 is 23.7 Å². The molecule has 0 unspecified atom stereocenters. The van der Waals surface area contributed by atoms with Crippen LogP contribution >= 0.6 is 0 Å². The van der Waals surface area contributed by atoms with E-state index in [1.165, 1.54) is 26.4 Å². The van der Waals surface area contributed by atoms with Crippen LogP contribution in [0.2, 0.25) is 0 Å². The van der Waals surface area contributed by atoms with Crippen molar-refractivity contribution in [3.05, 3.63) is 36.4 Å². The van der Waals surface area contributed by atoms with Crippen LogP contribution in [0, 0.1) is 0 Å². The molecule has 1 N–H and O–H groups in total. The zero-order valence-corrected chi connectivity index (χ0v) is 14.8. The van der Waals surface area contributed by atoms with Gasteiger partial charge in [-0.1, -0.05) is 0 Å². The summed E-state index contributed by atoms with van der Waals surface area (Å²) in [5, 5.41) is 0. The number of rotatable bonds is 5. The first-order valence-corrected chi connectivity index (χ1v) is 9.16. The van der Waals surface area contributed by atoms with Gasteiger partial charge in [0.15, 0.2) is 23.0 Å². The third-order valence-corrected chi connectivity index (χ3v) is 5.04. The Hall–Kier alpha value is -2.61. The molecule has 2 aromatic carbocycles. The third kappa shape index (κ3) is 3.74. The summed E-state index contributed by atoms with van der Waals surface area (Å²) in [6, 6.07) is 9.33. The summed E-state index contributed by atoms with van der Waals surface area (Å²) in [4.78, 5) is 0.0669. The van der Waals surface area contributed by atoms with Crippen LogP contribution in [0.1, 0.15) is 6.42 Å². The lowest BCUT2D eigenvalue weighted by Crippen LogP contribution is -2.13. The molecule has 0 atom stereocenters. The van der Waals surface area contributed by atoms with Crippen LogP contribution in [0.25, 0.3) is 0 Å². The number of fused-ring (bicyclic) bond motifs is 1. The normalized spacial score (nSPS) is 13.7. The quantitative estimate of drug-likeness (QED) is 0.877. The summed E-state index contributed by atoms with van der Waals surface area (Å²) in [7, 11) is -0.850. The van der Waals surface area contributed by atoms with E-state index in [1.807, 2.05) is 0 Å². The highest BCUT2D eigenvalue weighted by atomic mass is 32.2. The first-order valence-electron chi connectivity index (χ1n) is 7.68. The number of hydrogen-bond donors (Lipinski definition) is 1. The van der Waals surface area contributed by atoms with E-state index in [9.17, 15) is 8.42 Å². The fourth-order valence-corrected chi connectivity index (χ4v) is 3.49. The Morgan fingerprint density at radius 3 is 2.36 bits per heavy atom. The molecule has 1 heterocycles. The van der Waals surface area contributed by atoms with Crippen molar-refractivity contribution >= 4 is 15.7 Å². The maximum Gasteiger partial charge on any atom is 0.262 e. The molecule has 0 saturated heterocycles. The maximum atomic E-state index is 12.6. The van der Waals surface area contributed by atoms with E-state index in [1.54, 1.807) is 24.3 Å². The topological polar surface area (TPSA) is 83.1 Å². The molecule has 0 saturated carbocycles. The van der Waals surface area contributed by atoms with Crippen LogP contribution in [0.4, 0.5) is 5.69 Å². The first-order chi connectivity index (χ1) is 12.0. The predicted octanol–water partition coefficient (Wildman–Crippen LogP) is 2.67. The molecular weight excluding hydrogens is 346 g/mol. The van der Waals surface area contributed by atoms with E-state index in [0.29, 0.717) is 41.9 Å². The lowest BCUT2D eigenvalue weighted by Gasteiger charge is -2.13. The van der Waals surface area contributed by atoms with Crippen molar-refractivity contribution in [2.75, 3.05) is 32.2 Å². The van der Waals surface area contributed by atoms with Gasteiger partial charge in [-0.2, -0.15) is 0 Å². The van der Waals surface area contributed by atoms with E-state index >= 15 is 0 Å². The highest BCUT2D eigenvalue weighted by Crippen LogP contribution is 2.34. The van der Waals surface area contributed by atoms with Crippen LogP contribution in [-0.2, 0) is 10.0 Å². The second kappa shape index (κ2) is 7.10. The van der Waals surface area contributed by atoms with E-state index in [0.717, 1.165) is 6.42 Å². The number of nitrogens with one attached hydrogen (secondary N) is 1. The molecule has 8 heteroatoms. The molecule has 0 aromatic heterocycles. The van der Waals surface area contributed by atoms with E-state index < -0.39 is 10.0 Å². The summed E-state index contributed by atoms with van der Waals surface area (Å²) in [6.45, 7) is 1.10. The van der Waals surface area contributed by atoms with Gasteiger partial charge in [0.2, 0.25) is 0 Å². The molecule has 0 radical (unpaired) electrons. The summed E-state index contributed by atoms with van der Waals surface area (Å²) in [6.07, 6.45) is 0.779. The van der Waals surface area contributed by atoms with Crippen molar-refractivity contribution in [1.82, 2.24) is 0 Å². The number of hydrogen-bond acceptors (Lipinski definition) is 6. The molecule has 0 spiro atoms. The minimum Gasteiger partial charge on any atom is -0.493 e. The molecule has 1 aliphatic heterocycles. The van der Waals surface area contributed by atoms with Crippen molar-refractivity contribution < 1.29 is 27.4 Å². The third-order valence-electron chi connectivity index (χ3n) is 3.67.